The summed E-state index contributed by atoms with van der Waals surface area (Å²) >= 11 is 6.25. The average molecular weight is 473 g/mol. The molecule has 0 aliphatic heterocycles. The van der Waals surface area contributed by atoms with E-state index in [0.717, 1.165) is 5.56 Å². The number of aromatic nitrogens is 2. The fourth-order valence-electron chi connectivity index (χ4n) is 2.83. The summed E-state index contributed by atoms with van der Waals surface area (Å²) in [5, 5.41) is 19.0. The van der Waals surface area contributed by atoms with E-state index in [2.05, 4.69) is 20.8 Å². The summed E-state index contributed by atoms with van der Waals surface area (Å²) in [4.78, 5) is 27.5. The highest BCUT2D eigenvalue weighted by atomic mass is 35.5. The van der Waals surface area contributed by atoms with Gasteiger partial charge in [0.2, 0.25) is 5.82 Å². The van der Waals surface area contributed by atoms with Crippen LogP contribution in [0.2, 0.25) is 5.02 Å². The second kappa shape index (κ2) is 10.9. The number of halogens is 1. The second-order valence-electron chi connectivity index (χ2n) is 7.76. The predicted octanol–water partition coefficient (Wildman–Crippen LogP) is 4.24. The standard InChI is InChI=1S/C23H25ClN4O5/c1-13(2)32-19-9-6-16(10-18(19)24)20-27-22(33-28-20)21(29)26-17-7-4-15(5-8-17)12-25-11-14(3)23(30)31/h4-10,13-14,25H,11-12H2,1-3H3,(H,26,29)(H,30,31). The number of carbonyl (C=O) groups is 2. The van der Waals surface area contributed by atoms with Gasteiger partial charge >= 0.3 is 17.8 Å². The highest BCUT2D eigenvalue weighted by Gasteiger charge is 2.17. The molecule has 33 heavy (non-hydrogen) atoms. The van der Waals surface area contributed by atoms with Crippen LogP contribution in [0.15, 0.2) is 47.0 Å². The Kier molecular flexibility index (Phi) is 8.02. The van der Waals surface area contributed by atoms with Crippen LogP contribution < -0.4 is 15.4 Å². The summed E-state index contributed by atoms with van der Waals surface area (Å²) in [7, 11) is 0. The lowest BCUT2D eigenvalue weighted by atomic mass is 10.1. The number of anilines is 1. The van der Waals surface area contributed by atoms with Gasteiger partial charge in [-0.1, -0.05) is 35.8 Å². The van der Waals surface area contributed by atoms with Crippen LogP contribution in [0.3, 0.4) is 0 Å². The first-order valence-electron chi connectivity index (χ1n) is 10.4. The van der Waals surface area contributed by atoms with E-state index in [1.54, 1.807) is 37.3 Å². The van der Waals surface area contributed by atoms with Crippen LogP contribution in [0.1, 0.15) is 37.0 Å². The highest BCUT2D eigenvalue weighted by Crippen LogP contribution is 2.30. The molecule has 1 atom stereocenters. The van der Waals surface area contributed by atoms with E-state index in [0.29, 0.717) is 35.1 Å². The molecule has 1 unspecified atom stereocenters. The normalized spacial score (nSPS) is 11.9. The SMILES string of the molecule is CC(C)Oc1ccc(-c2noc(C(=O)Nc3ccc(CNCC(C)C(=O)O)cc3)n2)cc1Cl. The van der Waals surface area contributed by atoms with E-state index in [9.17, 15) is 9.59 Å². The molecule has 174 valence electrons. The van der Waals surface area contributed by atoms with Gasteiger partial charge in [0.25, 0.3) is 0 Å². The Labute approximate surface area is 196 Å². The molecule has 0 saturated carbocycles. The van der Waals surface area contributed by atoms with E-state index >= 15 is 0 Å². The number of benzene rings is 2. The Morgan fingerprint density at radius 3 is 2.52 bits per heavy atom. The number of aliphatic carboxylic acids is 1. The summed E-state index contributed by atoms with van der Waals surface area (Å²) in [6.45, 7) is 6.33. The molecule has 10 heteroatoms. The van der Waals surface area contributed by atoms with E-state index < -0.39 is 17.8 Å². The molecule has 0 aliphatic rings. The molecule has 3 N–H and O–H groups in total. The predicted molar refractivity (Wildman–Crippen MR) is 123 cm³/mol. The van der Waals surface area contributed by atoms with E-state index in [1.165, 1.54) is 0 Å². The van der Waals surface area contributed by atoms with Gasteiger partial charge in [0, 0.05) is 24.3 Å². The van der Waals surface area contributed by atoms with Crippen LogP contribution in [-0.2, 0) is 11.3 Å². The Hall–Kier alpha value is -3.43. The number of hydrogen-bond acceptors (Lipinski definition) is 7. The third-order valence-corrected chi connectivity index (χ3v) is 4.88. The maximum Gasteiger partial charge on any atom is 0.316 e. The minimum atomic E-state index is -0.843. The second-order valence-corrected chi connectivity index (χ2v) is 8.16. The summed E-state index contributed by atoms with van der Waals surface area (Å²) in [5.41, 5.74) is 2.10. The third-order valence-electron chi connectivity index (χ3n) is 4.59. The van der Waals surface area contributed by atoms with Crippen molar-refractivity contribution in [1.29, 1.82) is 0 Å². The van der Waals surface area contributed by atoms with Gasteiger partial charge in [-0.15, -0.1) is 0 Å². The van der Waals surface area contributed by atoms with Crippen molar-refractivity contribution in [3.63, 3.8) is 0 Å². The van der Waals surface area contributed by atoms with Crippen LogP contribution in [0.4, 0.5) is 5.69 Å². The maximum atomic E-state index is 12.5. The zero-order valence-corrected chi connectivity index (χ0v) is 19.2. The fourth-order valence-corrected chi connectivity index (χ4v) is 3.06. The Morgan fingerprint density at radius 2 is 1.88 bits per heavy atom. The molecule has 0 saturated heterocycles. The molecule has 0 spiro atoms. The van der Waals surface area contributed by atoms with Gasteiger partial charge in [-0.05, 0) is 49.7 Å². The highest BCUT2D eigenvalue weighted by molar-refractivity contribution is 6.32. The largest absolute Gasteiger partial charge is 0.489 e. The Morgan fingerprint density at radius 1 is 1.15 bits per heavy atom. The van der Waals surface area contributed by atoms with Gasteiger partial charge in [0.05, 0.1) is 17.0 Å². The van der Waals surface area contributed by atoms with Crippen molar-refractivity contribution in [1.82, 2.24) is 15.5 Å². The average Bonchev–Trinajstić information content (AvgIpc) is 3.26. The smallest absolute Gasteiger partial charge is 0.316 e. The number of hydrogen-bond donors (Lipinski definition) is 3. The zero-order valence-electron chi connectivity index (χ0n) is 18.5. The minimum Gasteiger partial charge on any atom is -0.489 e. The molecule has 3 rings (SSSR count). The molecule has 0 bridgehead atoms. The third kappa shape index (κ3) is 6.77. The molecular formula is C23H25ClN4O5. The van der Waals surface area contributed by atoms with Crippen molar-refractivity contribution in [2.75, 3.05) is 11.9 Å². The van der Waals surface area contributed by atoms with Gasteiger partial charge < -0.3 is 25.0 Å². The van der Waals surface area contributed by atoms with Gasteiger partial charge in [-0.2, -0.15) is 4.98 Å². The molecule has 0 radical (unpaired) electrons. The van der Waals surface area contributed by atoms with Crippen LogP contribution in [0, 0.1) is 5.92 Å². The zero-order chi connectivity index (χ0) is 24.0. The number of carbonyl (C=O) groups excluding carboxylic acids is 1. The summed E-state index contributed by atoms with van der Waals surface area (Å²) in [5.74, 6) is -1.25. The molecule has 3 aromatic rings. The van der Waals surface area contributed by atoms with Crippen molar-refractivity contribution in [3.8, 4) is 17.1 Å². The molecule has 0 fully saturated rings. The topological polar surface area (TPSA) is 127 Å². The van der Waals surface area contributed by atoms with Gasteiger partial charge in [0.15, 0.2) is 0 Å². The van der Waals surface area contributed by atoms with Crippen molar-refractivity contribution >= 4 is 29.2 Å². The number of ether oxygens (including phenoxy) is 1. The fraction of sp³-hybridized carbons (Fsp3) is 0.304. The number of nitrogens with one attached hydrogen (secondary N) is 2. The molecule has 1 heterocycles. The van der Waals surface area contributed by atoms with Crippen molar-refractivity contribution in [3.05, 3.63) is 58.9 Å². The number of carboxylic acid groups (broad SMARTS) is 1. The number of nitrogens with zero attached hydrogens (tertiary/aromatic N) is 2. The van der Waals surface area contributed by atoms with Crippen molar-refractivity contribution in [2.45, 2.75) is 33.4 Å². The first-order valence-corrected chi connectivity index (χ1v) is 10.7. The van der Waals surface area contributed by atoms with Gasteiger partial charge in [-0.3, -0.25) is 9.59 Å². The van der Waals surface area contributed by atoms with Crippen molar-refractivity contribution < 1.29 is 24.0 Å². The van der Waals surface area contributed by atoms with Crippen LogP contribution in [0.25, 0.3) is 11.4 Å². The van der Waals surface area contributed by atoms with E-state index in [-0.39, 0.29) is 17.8 Å². The first kappa shape index (κ1) is 24.2. The van der Waals surface area contributed by atoms with Gasteiger partial charge in [-0.25, -0.2) is 0 Å². The molecular weight excluding hydrogens is 448 g/mol. The lowest BCUT2D eigenvalue weighted by molar-refractivity contribution is -0.140. The number of rotatable bonds is 10. The monoisotopic (exact) mass is 472 g/mol. The number of amides is 1. The Bertz CT molecular complexity index is 1110. The van der Waals surface area contributed by atoms with Crippen LogP contribution in [0.5, 0.6) is 5.75 Å². The molecule has 1 amide bonds. The molecule has 1 aromatic heterocycles. The minimum absolute atomic E-state index is 0.0141. The molecule has 9 nitrogen and oxygen atoms in total. The molecule has 0 aliphatic carbocycles. The van der Waals surface area contributed by atoms with Crippen LogP contribution >= 0.6 is 11.6 Å². The Balaban J connectivity index is 1.58. The summed E-state index contributed by atoms with van der Waals surface area (Å²) < 4.78 is 10.7. The lowest BCUT2D eigenvalue weighted by Crippen LogP contribution is -2.25. The quantitative estimate of drug-likeness (QED) is 0.400. The lowest BCUT2D eigenvalue weighted by Gasteiger charge is -2.11. The maximum absolute atomic E-state index is 12.5. The summed E-state index contributed by atoms with van der Waals surface area (Å²) in [6, 6.07) is 12.2. The summed E-state index contributed by atoms with van der Waals surface area (Å²) in [6.07, 6.45) is -0.0141. The van der Waals surface area contributed by atoms with Crippen molar-refractivity contribution in [2.24, 2.45) is 5.92 Å². The van der Waals surface area contributed by atoms with E-state index in [4.69, 9.17) is 26.0 Å². The van der Waals surface area contributed by atoms with Gasteiger partial charge in [0.1, 0.15) is 5.75 Å². The molecule has 2 aromatic carbocycles. The first-order chi connectivity index (χ1) is 15.7. The van der Waals surface area contributed by atoms with E-state index in [1.807, 2.05) is 26.0 Å². The number of carboxylic acids is 1. The van der Waals surface area contributed by atoms with Crippen LogP contribution in [-0.4, -0.2) is 39.8 Å².